The van der Waals surface area contributed by atoms with Gasteiger partial charge in [0, 0.05) is 32.0 Å². The van der Waals surface area contributed by atoms with Crippen LogP contribution in [-0.2, 0) is 0 Å². The van der Waals surface area contributed by atoms with Gasteiger partial charge in [0.15, 0.2) is 0 Å². The number of hydrogen-bond donors (Lipinski definition) is 4. The van der Waals surface area contributed by atoms with Gasteiger partial charge in [-0.05, 0) is 12.1 Å². The fourth-order valence-corrected chi connectivity index (χ4v) is 0.953. The Labute approximate surface area is 72.5 Å². The minimum atomic E-state index is 0.175. The topological polar surface area (TPSA) is 65.9 Å². The van der Waals surface area contributed by atoms with Crippen LogP contribution in [0.4, 0.5) is 0 Å². The third-order valence-corrected chi connectivity index (χ3v) is 1.57. The predicted octanol–water partition coefficient (Wildman–Crippen LogP) is -0.521. The van der Waals surface area contributed by atoms with E-state index in [1.807, 2.05) is 24.5 Å². The van der Waals surface area contributed by atoms with Crippen LogP contribution in [0.3, 0.4) is 0 Å². The number of aromatic amines is 1. The van der Waals surface area contributed by atoms with Crippen molar-refractivity contribution in [2.45, 2.75) is 6.17 Å². The van der Waals surface area contributed by atoms with Crippen molar-refractivity contribution in [3.05, 3.63) is 24.5 Å². The van der Waals surface area contributed by atoms with Gasteiger partial charge >= 0.3 is 0 Å². The van der Waals surface area contributed by atoms with Crippen LogP contribution >= 0.6 is 0 Å². The Kier molecular flexibility index (Phi) is 4.44. The molecule has 0 aliphatic carbocycles. The van der Waals surface area contributed by atoms with Crippen LogP contribution in [0.2, 0.25) is 0 Å². The summed E-state index contributed by atoms with van der Waals surface area (Å²) in [7, 11) is 0. The smallest absolute Gasteiger partial charge is 0.0675 e. The molecule has 0 spiro atoms. The summed E-state index contributed by atoms with van der Waals surface area (Å²) in [5, 5.41) is 6.24. The Morgan fingerprint density at radius 2 is 1.92 bits per heavy atom. The van der Waals surface area contributed by atoms with E-state index in [1.165, 1.54) is 0 Å². The quantitative estimate of drug-likeness (QED) is 0.421. The first-order chi connectivity index (χ1) is 5.89. The summed E-state index contributed by atoms with van der Waals surface area (Å²) in [6.45, 7) is 2.95. The second kappa shape index (κ2) is 5.77. The molecule has 2 heterocycles. The Balaban J connectivity index is 0.000000127. The molecule has 0 radical (unpaired) electrons. The van der Waals surface area contributed by atoms with Gasteiger partial charge in [0.2, 0.25) is 0 Å². The van der Waals surface area contributed by atoms with Crippen molar-refractivity contribution in [2.75, 3.05) is 19.6 Å². The van der Waals surface area contributed by atoms with Crippen molar-refractivity contribution < 1.29 is 0 Å². The molecule has 1 aromatic heterocycles. The molecule has 1 fully saturated rings. The largest absolute Gasteiger partial charge is 0.368 e. The third-order valence-electron chi connectivity index (χ3n) is 1.57. The van der Waals surface area contributed by atoms with Crippen molar-refractivity contribution in [1.82, 2.24) is 15.6 Å². The molecular formula is C8H16N4. The molecule has 68 valence electrons. The summed E-state index contributed by atoms with van der Waals surface area (Å²) < 4.78 is 0. The van der Waals surface area contributed by atoms with Gasteiger partial charge in [-0.2, -0.15) is 0 Å². The zero-order chi connectivity index (χ0) is 8.65. The molecule has 1 saturated heterocycles. The molecule has 1 unspecified atom stereocenters. The van der Waals surface area contributed by atoms with Crippen LogP contribution in [0.5, 0.6) is 0 Å². The fraction of sp³-hybridized carbons (Fsp3) is 0.500. The van der Waals surface area contributed by atoms with Gasteiger partial charge in [0.05, 0.1) is 6.17 Å². The van der Waals surface area contributed by atoms with Crippen LogP contribution in [0.25, 0.3) is 0 Å². The summed E-state index contributed by atoms with van der Waals surface area (Å²) in [5.74, 6) is 0. The van der Waals surface area contributed by atoms with Gasteiger partial charge < -0.3 is 16.0 Å². The predicted molar refractivity (Wildman–Crippen MR) is 49.6 cm³/mol. The molecule has 1 aliphatic heterocycles. The van der Waals surface area contributed by atoms with Crippen LogP contribution in [0.1, 0.15) is 0 Å². The lowest BCUT2D eigenvalue weighted by atomic mass is 10.4. The number of aromatic nitrogens is 1. The van der Waals surface area contributed by atoms with Crippen LogP contribution in [0.15, 0.2) is 24.5 Å². The van der Waals surface area contributed by atoms with E-state index < -0.39 is 0 Å². The molecule has 1 aromatic rings. The van der Waals surface area contributed by atoms with E-state index in [-0.39, 0.29) is 6.17 Å². The average Bonchev–Trinajstić information content (AvgIpc) is 2.62. The molecule has 5 N–H and O–H groups in total. The molecule has 0 bridgehead atoms. The highest BCUT2D eigenvalue weighted by atomic mass is 15.1. The van der Waals surface area contributed by atoms with E-state index in [0.29, 0.717) is 0 Å². The van der Waals surface area contributed by atoms with E-state index in [4.69, 9.17) is 5.73 Å². The Bertz CT molecular complexity index is 150. The van der Waals surface area contributed by atoms with Crippen molar-refractivity contribution in [3.63, 3.8) is 0 Å². The lowest BCUT2D eigenvalue weighted by molar-refractivity contribution is 0.428. The maximum Gasteiger partial charge on any atom is 0.0675 e. The molecule has 4 nitrogen and oxygen atoms in total. The summed E-state index contributed by atoms with van der Waals surface area (Å²) in [5.41, 5.74) is 5.46. The molecule has 2 rings (SSSR count). The highest BCUT2D eigenvalue weighted by Crippen LogP contribution is 1.73. The first-order valence-electron chi connectivity index (χ1n) is 4.17. The Morgan fingerprint density at radius 3 is 2.17 bits per heavy atom. The molecular weight excluding hydrogens is 152 g/mol. The maximum absolute atomic E-state index is 5.46. The van der Waals surface area contributed by atoms with Crippen molar-refractivity contribution in [3.8, 4) is 0 Å². The lowest BCUT2D eigenvalue weighted by Gasteiger charge is -2.19. The van der Waals surface area contributed by atoms with E-state index in [9.17, 15) is 0 Å². The number of nitrogens with two attached hydrogens (primary N) is 1. The zero-order valence-electron chi connectivity index (χ0n) is 7.09. The number of nitrogens with one attached hydrogen (secondary N) is 3. The molecule has 1 aliphatic rings. The lowest BCUT2D eigenvalue weighted by Crippen LogP contribution is -2.53. The van der Waals surface area contributed by atoms with Gasteiger partial charge in [0.25, 0.3) is 0 Å². The SMILES string of the molecule is NC1CNCCN1.c1cc[nH]c1. The fourth-order valence-electron chi connectivity index (χ4n) is 0.953. The van der Waals surface area contributed by atoms with Crippen LogP contribution in [0, 0.1) is 0 Å². The molecule has 4 heteroatoms. The van der Waals surface area contributed by atoms with E-state index in [2.05, 4.69) is 15.6 Å². The van der Waals surface area contributed by atoms with Crippen LogP contribution in [-0.4, -0.2) is 30.8 Å². The van der Waals surface area contributed by atoms with Gasteiger partial charge in [-0.25, -0.2) is 0 Å². The van der Waals surface area contributed by atoms with Crippen LogP contribution < -0.4 is 16.4 Å². The van der Waals surface area contributed by atoms with Crippen molar-refractivity contribution in [1.29, 1.82) is 0 Å². The Morgan fingerprint density at radius 1 is 1.17 bits per heavy atom. The summed E-state index contributed by atoms with van der Waals surface area (Å²) in [6.07, 6.45) is 3.92. The second-order valence-corrected chi connectivity index (χ2v) is 2.65. The molecule has 0 saturated carbocycles. The minimum absolute atomic E-state index is 0.175. The number of rotatable bonds is 0. The molecule has 1 atom stereocenters. The minimum Gasteiger partial charge on any atom is -0.368 e. The normalized spacial score (nSPS) is 22.6. The average molecular weight is 168 g/mol. The van der Waals surface area contributed by atoms with Crippen molar-refractivity contribution in [2.24, 2.45) is 5.73 Å². The van der Waals surface area contributed by atoms with Gasteiger partial charge in [-0.1, -0.05) is 0 Å². The molecule has 12 heavy (non-hydrogen) atoms. The molecule has 0 amide bonds. The highest BCUT2D eigenvalue weighted by Gasteiger charge is 2.03. The molecule has 0 aromatic carbocycles. The zero-order valence-corrected chi connectivity index (χ0v) is 7.09. The van der Waals surface area contributed by atoms with Gasteiger partial charge in [-0.3, -0.25) is 5.32 Å². The van der Waals surface area contributed by atoms with E-state index in [1.54, 1.807) is 0 Å². The number of H-pyrrole nitrogens is 1. The number of piperazine rings is 1. The van der Waals surface area contributed by atoms with Crippen molar-refractivity contribution >= 4 is 0 Å². The standard InChI is InChI=1S/C4H11N3.C4H5N/c5-4-3-6-1-2-7-4;1-2-4-5-3-1/h4,6-7H,1-3,5H2;1-5H. The summed E-state index contributed by atoms with van der Waals surface area (Å²) in [4.78, 5) is 2.86. The first-order valence-corrected chi connectivity index (χ1v) is 4.17. The highest BCUT2D eigenvalue weighted by molar-refractivity contribution is 4.84. The van der Waals surface area contributed by atoms with E-state index >= 15 is 0 Å². The number of hydrogen-bond acceptors (Lipinski definition) is 3. The summed E-state index contributed by atoms with van der Waals surface area (Å²) in [6, 6.07) is 3.89. The maximum atomic E-state index is 5.46. The van der Waals surface area contributed by atoms with E-state index in [0.717, 1.165) is 19.6 Å². The van der Waals surface area contributed by atoms with Gasteiger partial charge in [-0.15, -0.1) is 0 Å². The third kappa shape index (κ3) is 4.12. The summed E-state index contributed by atoms with van der Waals surface area (Å²) >= 11 is 0. The first kappa shape index (κ1) is 9.25. The second-order valence-electron chi connectivity index (χ2n) is 2.65. The Hall–Kier alpha value is -0.840. The van der Waals surface area contributed by atoms with Gasteiger partial charge in [0.1, 0.15) is 0 Å². The monoisotopic (exact) mass is 168 g/mol.